The highest BCUT2D eigenvalue weighted by atomic mass is 16.3. The Morgan fingerprint density at radius 3 is 2.82 bits per heavy atom. The standard InChI is InChI=1S/C13H24N2O2/c1-11-2-5-13(17,6-3-11)10-15-8-4-12(16)14-7-9-15/h11,17H,2-10H2,1H3,(H,14,16). The highest BCUT2D eigenvalue weighted by Gasteiger charge is 2.33. The van der Waals surface area contributed by atoms with E-state index >= 15 is 0 Å². The zero-order valence-corrected chi connectivity index (χ0v) is 10.7. The molecule has 98 valence electrons. The summed E-state index contributed by atoms with van der Waals surface area (Å²) in [6.07, 6.45) is 4.63. The van der Waals surface area contributed by atoms with Gasteiger partial charge >= 0.3 is 0 Å². The van der Waals surface area contributed by atoms with Gasteiger partial charge in [-0.1, -0.05) is 6.92 Å². The number of hydrogen-bond acceptors (Lipinski definition) is 3. The lowest BCUT2D eigenvalue weighted by Crippen LogP contribution is -2.46. The second-order valence-electron chi connectivity index (χ2n) is 5.78. The number of hydrogen-bond donors (Lipinski definition) is 2. The molecule has 0 radical (unpaired) electrons. The topological polar surface area (TPSA) is 52.6 Å². The molecule has 2 fully saturated rings. The molecule has 4 nitrogen and oxygen atoms in total. The minimum atomic E-state index is -0.514. The van der Waals surface area contributed by atoms with E-state index in [9.17, 15) is 9.90 Å². The van der Waals surface area contributed by atoms with Gasteiger partial charge in [0.1, 0.15) is 0 Å². The van der Waals surface area contributed by atoms with Gasteiger partial charge in [0.25, 0.3) is 0 Å². The molecule has 2 aliphatic rings. The number of carbonyl (C=O) groups is 1. The molecule has 2 rings (SSSR count). The molecule has 0 spiro atoms. The average molecular weight is 240 g/mol. The van der Waals surface area contributed by atoms with E-state index in [4.69, 9.17) is 0 Å². The number of nitrogens with one attached hydrogen (secondary N) is 1. The SMILES string of the molecule is CC1CCC(O)(CN2CCNC(=O)CC2)CC1. The molecule has 1 heterocycles. The first-order chi connectivity index (χ1) is 8.07. The fourth-order valence-electron chi connectivity index (χ4n) is 2.85. The molecule has 1 amide bonds. The summed E-state index contributed by atoms with van der Waals surface area (Å²) < 4.78 is 0. The monoisotopic (exact) mass is 240 g/mol. The van der Waals surface area contributed by atoms with Gasteiger partial charge in [0.15, 0.2) is 0 Å². The summed E-state index contributed by atoms with van der Waals surface area (Å²) in [5.74, 6) is 0.888. The van der Waals surface area contributed by atoms with Gasteiger partial charge in [-0.15, -0.1) is 0 Å². The molecule has 0 aromatic carbocycles. The third kappa shape index (κ3) is 3.68. The minimum Gasteiger partial charge on any atom is -0.389 e. The van der Waals surface area contributed by atoms with Crippen molar-refractivity contribution >= 4 is 5.91 Å². The molecular formula is C13H24N2O2. The first-order valence-corrected chi connectivity index (χ1v) is 6.79. The predicted molar refractivity (Wildman–Crippen MR) is 66.6 cm³/mol. The molecule has 2 N–H and O–H groups in total. The van der Waals surface area contributed by atoms with Crippen molar-refractivity contribution in [3.63, 3.8) is 0 Å². The fraction of sp³-hybridized carbons (Fsp3) is 0.923. The Balaban J connectivity index is 1.84. The first kappa shape index (κ1) is 12.8. The lowest BCUT2D eigenvalue weighted by molar-refractivity contribution is -0.120. The van der Waals surface area contributed by atoms with Crippen LogP contribution in [0, 0.1) is 5.92 Å². The van der Waals surface area contributed by atoms with Crippen LogP contribution in [0.3, 0.4) is 0 Å². The lowest BCUT2D eigenvalue weighted by Gasteiger charge is -2.38. The van der Waals surface area contributed by atoms with Crippen LogP contribution in [0.2, 0.25) is 0 Å². The molecule has 1 saturated carbocycles. The maximum atomic E-state index is 11.2. The molecule has 1 aliphatic heterocycles. The van der Waals surface area contributed by atoms with E-state index in [1.807, 2.05) is 0 Å². The zero-order valence-electron chi connectivity index (χ0n) is 10.7. The van der Waals surface area contributed by atoms with Crippen molar-refractivity contribution in [2.24, 2.45) is 5.92 Å². The van der Waals surface area contributed by atoms with E-state index in [1.165, 1.54) is 0 Å². The summed E-state index contributed by atoms with van der Waals surface area (Å²) in [4.78, 5) is 13.5. The molecule has 1 saturated heterocycles. The molecule has 0 aromatic rings. The summed E-state index contributed by atoms with van der Waals surface area (Å²) in [6, 6.07) is 0. The van der Waals surface area contributed by atoms with Gasteiger partial charge in [-0.05, 0) is 31.6 Å². The van der Waals surface area contributed by atoms with Gasteiger partial charge in [0.05, 0.1) is 5.60 Å². The van der Waals surface area contributed by atoms with E-state index in [1.54, 1.807) is 0 Å². The first-order valence-electron chi connectivity index (χ1n) is 6.79. The van der Waals surface area contributed by atoms with E-state index < -0.39 is 5.60 Å². The molecule has 0 bridgehead atoms. The largest absolute Gasteiger partial charge is 0.389 e. The third-order valence-electron chi connectivity index (χ3n) is 4.13. The molecule has 0 unspecified atom stereocenters. The van der Waals surface area contributed by atoms with Crippen LogP contribution in [-0.4, -0.2) is 47.7 Å². The van der Waals surface area contributed by atoms with Crippen LogP contribution in [-0.2, 0) is 4.79 Å². The Labute approximate surface area is 103 Å². The summed E-state index contributed by atoms with van der Waals surface area (Å²) in [5.41, 5.74) is -0.514. The Morgan fingerprint density at radius 2 is 2.12 bits per heavy atom. The van der Waals surface area contributed by atoms with Crippen molar-refractivity contribution in [3.05, 3.63) is 0 Å². The van der Waals surface area contributed by atoms with E-state index in [0.717, 1.165) is 51.2 Å². The lowest BCUT2D eigenvalue weighted by atomic mass is 9.79. The smallest absolute Gasteiger partial charge is 0.221 e. The number of aliphatic hydroxyl groups is 1. The molecule has 1 aliphatic carbocycles. The number of nitrogens with zero attached hydrogens (tertiary/aromatic N) is 1. The number of β-amino-alcohol motifs (C(OH)–C–C–N with tert-alkyl or cyclic N) is 1. The Hall–Kier alpha value is -0.610. The van der Waals surface area contributed by atoms with Gasteiger partial charge in [0.2, 0.25) is 5.91 Å². The Bertz CT molecular complexity index is 273. The molecule has 17 heavy (non-hydrogen) atoms. The average Bonchev–Trinajstić information content (AvgIpc) is 2.49. The third-order valence-corrected chi connectivity index (χ3v) is 4.13. The van der Waals surface area contributed by atoms with Gasteiger partial charge in [-0.25, -0.2) is 0 Å². The van der Waals surface area contributed by atoms with Gasteiger partial charge in [-0.2, -0.15) is 0 Å². The summed E-state index contributed by atoms with van der Waals surface area (Å²) in [6.45, 7) is 5.35. The maximum Gasteiger partial charge on any atom is 0.221 e. The van der Waals surface area contributed by atoms with Crippen LogP contribution in [0.5, 0.6) is 0 Å². The number of carbonyl (C=O) groups excluding carboxylic acids is 1. The maximum absolute atomic E-state index is 11.2. The van der Waals surface area contributed by atoms with Crippen LogP contribution in [0.4, 0.5) is 0 Å². The second kappa shape index (κ2) is 5.36. The predicted octanol–water partition coefficient (Wildman–Crippen LogP) is 0.749. The van der Waals surface area contributed by atoms with Crippen molar-refractivity contribution in [1.29, 1.82) is 0 Å². The highest BCUT2D eigenvalue weighted by Crippen LogP contribution is 2.32. The van der Waals surface area contributed by atoms with Crippen LogP contribution in [0.15, 0.2) is 0 Å². The van der Waals surface area contributed by atoms with Crippen LogP contribution in [0.25, 0.3) is 0 Å². The molecule has 0 aromatic heterocycles. The Kier molecular flexibility index (Phi) is 4.05. The zero-order chi connectivity index (χ0) is 12.3. The van der Waals surface area contributed by atoms with Crippen molar-refractivity contribution in [1.82, 2.24) is 10.2 Å². The van der Waals surface area contributed by atoms with E-state index in [-0.39, 0.29) is 5.91 Å². The van der Waals surface area contributed by atoms with E-state index in [0.29, 0.717) is 13.0 Å². The van der Waals surface area contributed by atoms with Crippen LogP contribution < -0.4 is 5.32 Å². The molecule has 0 atom stereocenters. The fourth-order valence-corrected chi connectivity index (χ4v) is 2.85. The summed E-state index contributed by atoms with van der Waals surface area (Å²) in [7, 11) is 0. The molecular weight excluding hydrogens is 216 g/mol. The van der Waals surface area contributed by atoms with Crippen molar-refractivity contribution in [2.75, 3.05) is 26.2 Å². The van der Waals surface area contributed by atoms with Crippen molar-refractivity contribution in [2.45, 2.75) is 44.6 Å². The number of amides is 1. The van der Waals surface area contributed by atoms with Gasteiger partial charge < -0.3 is 10.4 Å². The summed E-state index contributed by atoms with van der Waals surface area (Å²) >= 11 is 0. The van der Waals surface area contributed by atoms with E-state index in [2.05, 4.69) is 17.1 Å². The van der Waals surface area contributed by atoms with Crippen molar-refractivity contribution in [3.8, 4) is 0 Å². The normalized spacial score (nSPS) is 36.4. The minimum absolute atomic E-state index is 0.136. The molecule has 4 heteroatoms. The van der Waals surface area contributed by atoms with Crippen molar-refractivity contribution < 1.29 is 9.90 Å². The quantitative estimate of drug-likeness (QED) is 0.749. The summed E-state index contributed by atoms with van der Waals surface area (Å²) in [5, 5.41) is 13.4. The van der Waals surface area contributed by atoms with Crippen LogP contribution >= 0.6 is 0 Å². The van der Waals surface area contributed by atoms with Gasteiger partial charge in [0, 0.05) is 32.6 Å². The second-order valence-corrected chi connectivity index (χ2v) is 5.78. The highest BCUT2D eigenvalue weighted by molar-refractivity contribution is 5.76. The Morgan fingerprint density at radius 1 is 1.41 bits per heavy atom. The van der Waals surface area contributed by atoms with Crippen LogP contribution in [0.1, 0.15) is 39.0 Å². The number of rotatable bonds is 2. The van der Waals surface area contributed by atoms with Gasteiger partial charge in [-0.3, -0.25) is 9.69 Å².